The van der Waals surface area contributed by atoms with Crippen molar-refractivity contribution in [2.75, 3.05) is 27.2 Å². The molecule has 200 valence electrons. The Morgan fingerprint density at radius 3 is 2.33 bits per heavy atom. The molecule has 1 N–H and O–H groups in total. The van der Waals surface area contributed by atoms with Gasteiger partial charge in [-0.1, -0.05) is 44.2 Å². The lowest BCUT2D eigenvalue weighted by Crippen LogP contribution is -2.61. The van der Waals surface area contributed by atoms with Gasteiger partial charge in [-0.3, -0.25) is 14.6 Å². The molecule has 0 bridgehead atoms. The lowest BCUT2D eigenvalue weighted by atomic mass is 9.75. The first-order valence-electron chi connectivity index (χ1n) is 13.2. The molecule has 8 nitrogen and oxygen atoms in total. The normalized spacial score (nSPS) is 20.6. The van der Waals surface area contributed by atoms with E-state index in [2.05, 4.69) is 19.2 Å². The van der Waals surface area contributed by atoms with E-state index in [1.165, 1.54) is 0 Å². The van der Waals surface area contributed by atoms with Crippen LogP contribution in [0.25, 0.3) is 0 Å². The standard InChI is InChI=1S/C28H44N4O4/c1-27(2)16-14-22(15-17-27)32(31-18-10-13-23(31)24(33)30(5)6)25(34)28(3,4)20-29-26(35)36-19-21-11-8-7-9-12-21/h7-9,11-12,22-23H,10,13-20H2,1-6H3,(H,29,35)/t23-/m0/s1. The van der Waals surface area contributed by atoms with Gasteiger partial charge in [0.2, 0.25) is 11.8 Å². The summed E-state index contributed by atoms with van der Waals surface area (Å²) in [6, 6.07) is 9.20. The minimum atomic E-state index is -0.868. The van der Waals surface area contributed by atoms with Gasteiger partial charge >= 0.3 is 6.09 Å². The van der Waals surface area contributed by atoms with E-state index in [1.54, 1.807) is 19.0 Å². The molecule has 0 spiro atoms. The molecule has 0 radical (unpaired) electrons. The summed E-state index contributed by atoms with van der Waals surface area (Å²) in [5.74, 6) is -0.0316. The highest BCUT2D eigenvalue weighted by atomic mass is 16.5. The summed E-state index contributed by atoms with van der Waals surface area (Å²) in [4.78, 5) is 41.1. The van der Waals surface area contributed by atoms with Crippen LogP contribution in [0.4, 0.5) is 4.79 Å². The van der Waals surface area contributed by atoms with E-state index < -0.39 is 11.5 Å². The fourth-order valence-electron chi connectivity index (χ4n) is 5.13. The monoisotopic (exact) mass is 500 g/mol. The first kappa shape index (κ1) is 28.0. The van der Waals surface area contributed by atoms with Crippen LogP contribution in [-0.4, -0.2) is 72.1 Å². The smallest absolute Gasteiger partial charge is 0.407 e. The molecule has 1 aliphatic carbocycles. The van der Waals surface area contributed by atoms with E-state index in [4.69, 9.17) is 4.74 Å². The summed E-state index contributed by atoms with van der Waals surface area (Å²) in [5.41, 5.74) is 0.293. The number of nitrogens with zero attached hydrogens (tertiary/aromatic N) is 3. The molecular formula is C28H44N4O4. The van der Waals surface area contributed by atoms with Crippen molar-refractivity contribution < 1.29 is 19.1 Å². The van der Waals surface area contributed by atoms with Crippen molar-refractivity contribution in [2.45, 2.75) is 84.9 Å². The maximum Gasteiger partial charge on any atom is 0.407 e. The summed E-state index contributed by atoms with van der Waals surface area (Å²) in [6.45, 7) is 9.26. The summed E-state index contributed by atoms with van der Waals surface area (Å²) in [5, 5.41) is 6.70. The molecule has 8 heteroatoms. The van der Waals surface area contributed by atoms with Crippen molar-refractivity contribution in [3.8, 4) is 0 Å². The van der Waals surface area contributed by atoms with E-state index in [1.807, 2.05) is 54.2 Å². The van der Waals surface area contributed by atoms with Crippen LogP contribution in [-0.2, 0) is 20.9 Å². The van der Waals surface area contributed by atoms with Crippen LogP contribution in [0.5, 0.6) is 0 Å². The van der Waals surface area contributed by atoms with Crippen LogP contribution in [0, 0.1) is 10.8 Å². The van der Waals surface area contributed by atoms with Gasteiger partial charge in [0.25, 0.3) is 0 Å². The Morgan fingerprint density at radius 1 is 1.08 bits per heavy atom. The highest BCUT2D eigenvalue weighted by molar-refractivity contribution is 5.85. The van der Waals surface area contributed by atoms with Gasteiger partial charge in [-0.15, -0.1) is 0 Å². The number of ether oxygens (including phenoxy) is 1. The zero-order chi connectivity index (χ0) is 26.5. The second-order valence-electron chi connectivity index (χ2n) is 11.9. The third kappa shape index (κ3) is 6.99. The summed E-state index contributed by atoms with van der Waals surface area (Å²) >= 11 is 0. The topological polar surface area (TPSA) is 82.2 Å². The fraction of sp³-hybridized carbons (Fsp3) is 0.679. The fourth-order valence-corrected chi connectivity index (χ4v) is 5.13. The van der Waals surface area contributed by atoms with Crippen LogP contribution < -0.4 is 5.32 Å². The van der Waals surface area contributed by atoms with Crippen LogP contribution in [0.2, 0.25) is 0 Å². The molecule has 0 aromatic heterocycles. The van der Waals surface area contributed by atoms with Crippen LogP contribution in [0.3, 0.4) is 0 Å². The maximum atomic E-state index is 14.1. The number of hydrogen-bond acceptors (Lipinski definition) is 5. The van der Waals surface area contributed by atoms with Crippen molar-refractivity contribution in [2.24, 2.45) is 10.8 Å². The number of likely N-dealkylation sites (N-methyl/N-ethyl adjacent to an activating group) is 1. The minimum absolute atomic E-state index is 0.0295. The number of carbonyl (C=O) groups is 3. The van der Waals surface area contributed by atoms with Crippen molar-refractivity contribution in [1.29, 1.82) is 0 Å². The first-order valence-corrected chi connectivity index (χ1v) is 13.2. The van der Waals surface area contributed by atoms with Gasteiger partial charge < -0.3 is 15.0 Å². The average Bonchev–Trinajstić information content (AvgIpc) is 3.32. The van der Waals surface area contributed by atoms with E-state index in [9.17, 15) is 14.4 Å². The zero-order valence-corrected chi connectivity index (χ0v) is 22.9. The van der Waals surface area contributed by atoms with E-state index in [-0.39, 0.29) is 42.5 Å². The second-order valence-corrected chi connectivity index (χ2v) is 11.9. The Balaban J connectivity index is 1.72. The Bertz CT molecular complexity index is 905. The summed E-state index contributed by atoms with van der Waals surface area (Å²) in [7, 11) is 3.53. The van der Waals surface area contributed by atoms with Crippen molar-refractivity contribution in [3.63, 3.8) is 0 Å². The molecular weight excluding hydrogens is 456 g/mol. The largest absolute Gasteiger partial charge is 0.445 e. The third-order valence-corrected chi connectivity index (χ3v) is 7.56. The molecule has 36 heavy (non-hydrogen) atoms. The molecule has 1 aromatic carbocycles. The lowest BCUT2D eigenvalue weighted by Gasteiger charge is -2.47. The molecule has 1 aromatic rings. The summed E-state index contributed by atoms with van der Waals surface area (Å²) < 4.78 is 5.34. The molecule has 2 aliphatic rings. The Hall–Kier alpha value is -2.61. The van der Waals surface area contributed by atoms with Crippen molar-refractivity contribution >= 4 is 17.9 Å². The SMILES string of the molecule is CN(C)C(=O)[C@@H]1CCCN1N(C(=O)C(C)(C)CNC(=O)OCc1ccccc1)C1CCC(C)(C)CC1. The highest BCUT2D eigenvalue weighted by Gasteiger charge is 2.45. The van der Waals surface area contributed by atoms with Gasteiger partial charge in [-0.25, -0.2) is 9.80 Å². The van der Waals surface area contributed by atoms with Gasteiger partial charge in [0.15, 0.2) is 0 Å². The number of hydrazine groups is 1. The van der Waals surface area contributed by atoms with Crippen molar-refractivity contribution in [3.05, 3.63) is 35.9 Å². The highest BCUT2D eigenvalue weighted by Crippen LogP contribution is 2.39. The van der Waals surface area contributed by atoms with Gasteiger partial charge in [0.1, 0.15) is 12.6 Å². The quantitative estimate of drug-likeness (QED) is 0.578. The van der Waals surface area contributed by atoms with Crippen LogP contribution in [0.15, 0.2) is 30.3 Å². The van der Waals surface area contributed by atoms with Crippen LogP contribution in [0.1, 0.15) is 71.8 Å². The number of amides is 3. The second kappa shape index (κ2) is 11.6. The zero-order valence-electron chi connectivity index (χ0n) is 22.9. The summed E-state index contributed by atoms with van der Waals surface area (Å²) in [6.07, 6.45) is 4.94. The number of hydrogen-bond donors (Lipinski definition) is 1. The third-order valence-electron chi connectivity index (χ3n) is 7.56. The molecule has 1 saturated heterocycles. The molecule has 2 fully saturated rings. The molecule has 1 aliphatic heterocycles. The van der Waals surface area contributed by atoms with Gasteiger partial charge in [0, 0.05) is 33.2 Å². The average molecular weight is 501 g/mol. The Kier molecular flexibility index (Phi) is 9.03. The van der Waals surface area contributed by atoms with E-state index >= 15 is 0 Å². The van der Waals surface area contributed by atoms with Crippen molar-refractivity contribution in [1.82, 2.24) is 20.2 Å². The van der Waals surface area contributed by atoms with Gasteiger partial charge in [-0.2, -0.15) is 0 Å². The van der Waals surface area contributed by atoms with Gasteiger partial charge in [0.05, 0.1) is 5.41 Å². The number of rotatable bonds is 8. The van der Waals surface area contributed by atoms with E-state index in [0.717, 1.165) is 44.1 Å². The molecule has 0 unspecified atom stereocenters. The molecule has 1 saturated carbocycles. The Labute approximate surface area is 216 Å². The van der Waals surface area contributed by atoms with Crippen LogP contribution >= 0.6 is 0 Å². The number of nitrogens with one attached hydrogen (secondary N) is 1. The molecule has 3 rings (SSSR count). The maximum absolute atomic E-state index is 14.1. The van der Waals surface area contributed by atoms with E-state index in [0.29, 0.717) is 6.54 Å². The molecule has 1 atom stereocenters. The molecule has 1 heterocycles. The lowest BCUT2D eigenvalue weighted by molar-refractivity contribution is -0.174. The molecule has 3 amide bonds. The predicted octanol–water partition coefficient (Wildman–Crippen LogP) is 4.20. The first-order chi connectivity index (χ1) is 16.9. The number of benzene rings is 1. The van der Waals surface area contributed by atoms with Gasteiger partial charge in [-0.05, 0) is 63.4 Å². The number of alkyl carbamates (subject to hydrolysis) is 1. The minimum Gasteiger partial charge on any atom is -0.445 e. The predicted molar refractivity (Wildman–Crippen MR) is 140 cm³/mol. The number of carbonyl (C=O) groups excluding carboxylic acids is 3. The Morgan fingerprint density at radius 2 is 1.72 bits per heavy atom.